The zero-order valence-electron chi connectivity index (χ0n) is 11.8. The number of methoxy groups -OCH3 is 1. The van der Waals surface area contributed by atoms with Gasteiger partial charge in [0.25, 0.3) is 5.91 Å². The van der Waals surface area contributed by atoms with Crippen LogP contribution in [0.5, 0.6) is 5.75 Å². The van der Waals surface area contributed by atoms with E-state index in [0.717, 1.165) is 0 Å². The van der Waals surface area contributed by atoms with Gasteiger partial charge in [0.05, 0.1) is 20.3 Å². The smallest absolute Gasteiger partial charge is 0.267 e. The molecule has 1 fully saturated rings. The Hall–Kier alpha value is -2.52. The van der Waals surface area contributed by atoms with Crippen LogP contribution in [0.15, 0.2) is 36.0 Å². The number of ether oxygens (including phenoxy) is 2. The van der Waals surface area contributed by atoms with Gasteiger partial charge in [0.1, 0.15) is 17.4 Å². The summed E-state index contributed by atoms with van der Waals surface area (Å²) < 4.78 is 10.3. The molecule has 1 heterocycles. The summed E-state index contributed by atoms with van der Waals surface area (Å²) in [5, 5.41) is 11.8. The lowest BCUT2D eigenvalue weighted by Crippen LogP contribution is -2.33. The minimum Gasteiger partial charge on any atom is -0.497 e. The molecule has 2 rings (SSSR count). The van der Waals surface area contributed by atoms with E-state index in [2.05, 4.69) is 5.32 Å². The summed E-state index contributed by atoms with van der Waals surface area (Å²) in [6, 6.07) is 8.87. The first kappa shape index (κ1) is 14.9. The van der Waals surface area contributed by atoms with Crippen LogP contribution in [-0.4, -0.2) is 44.2 Å². The molecule has 0 saturated carbocycles. The number of hydrogen-bond acceptors (Lipinski definition) is 5. The Morgan fingerprint density at radius 3 is 2.62 bits per heavy atom. The van der Waals surface area contributed by atoms with Gasteiger partial charge in [-0.15, -0.1) is 0 Å². The minimum atomic E-state index is -0.422. The first-order valence-corrected chi connectivity index (χ1v) is 6.62. The fraction of sp³-hybridized carbons (Fsp3) is 0.333. The van der Waals surface area contributed by atoms with Crippen LogP contribution in [0.4, 0.5) is 5.69 Å². The highest BCUT2D eigenvalue weighted by molar-refractivity contribution is 6.06. The number of amides is 1. The van der Waals surface area contributed by atoms with Gasteiger partial charge in [-0.05, 0) is 24.3 Å². The van der Waals surface area contributed by atoms with Gasteiger partial charge in [-0.25, -0.2) is 0 Å². The summed E-state index contributed by atoms with van der Waals surface area (Å²) in [4.78, 5) is 14.0. The van der Waals surface area contributed by atoms with Gasteiger partial charge in [0, 0.05) is 25.0 Å². The Morgan fingerprint density at radius 2 is 2.05 bits per heavy atom. The molecule has 1 aromatic rings. The van der Waals surface area contributed by atoms with E-state index in [9.17, 15) is 4.79 Å². The fourth-order valence-electron chi connectivity index (χ4n) is 1.90. The Bertz CT molecular complexity index is 555. The summed E-state index contributed by atoms with van der Waals surface area (Å²) in [5.41, 5.74) is 0.691. The van der Waals surface area contributed by atoms with Crippen molar-refractivity contribution in [1.29, 1.82) is 5.26 Å². The minimum absolute atomic E-state index is 0.0766. The third kappa shape index (κ3) is 4.23. The molecule has 0 aliphatic carbocycles. The maximum atomic E-state index is 12.1. The topological polar surface area (TPSA) is 74.6 Å². The van der Waals surface area contributed by atoms with Crippen molar-refractivity contribution in [2.24, 2.45) is 0 Å². The second-order valence-corrected chi connectivity index (χ2v) is 4.49. The molecule has 1 N–H and O–H groups in total. The summed E-state index contributed by atoms with van der Waals surface area (Å²) >= 11 is 0. The normalized spacial score (nSPS) is 15.2. The van der Waals surface area contributed by atoms with Gasteiger partial charge in [0.15, 0.2) is 0 Å². The molecule has 0 atom stereocenters. The van der Waals surface area contributed by atoms with Gasteiger partial charge in [0.2, 0.25) is 0 Å². The average Bonchev–Trinajstić information content (AvgIpc) is 2.54. The Kier molecular flexibility index (Phi) is 5.18. The van der Waals surface area contributed by atoms with E-state index in [0.29, 0.717) is 37.7 Å². The molecule has 1 aliphatic heterocycles. The van der Waals surface area contributed by atoms with E-state index >= 15 is 0 Å². The number of hydrogen-bond donors (Lipinski definition) is 1. The van der Waals surface area contributed by atoms with Crippen molar-refractivity contribution in [3.63, 3.8) is 0 Å². The lowest BCUT2D eigenvalue weighted by molar-refractivity contribution is -0.112. The van der Waals surface area contributed by atoms with Crippen molar-refractivity contribution >= 4 is 11.6 Å². The number of morpholine rings is 1. The quantitative estimate of drug-likeness (QED) is 0.669. The molecule has 0 bridgehead atoms. The summed E-state index contributed by atoms with van der Waals surface area (Å²) in [5.74, 6) is 0.284. The SMILES string of the molecule is COc1ccc(NC(=O)/C(C#N)=C\N2CCOCC2)cc1. The van der Waals surface area contributed by atoms with E-state index < -0.39 is 5.91 Å². The molecule has 1 aromatic carbocycles. The fourth-order valence-corrected chi connectivity index (χ4v) is 1.90. The van der Waals surface area contributed by atoms with Crippen LogP contribution in [0, 0.1) is 11.3 Å². The van der Waals surface area contributed by atoms with Gasteiger partial charge in [-0.3, -0.25) is 4.79 Å². The molecule has 0 unspecified atom stereocenters. The number of nitriles is 1. The van der Waals surface area contributed by atoms with Crippen LogP contribution in [0.25, 0.3) is 0 Å². The molecular weight excluding hydrogens is 270 g/mol. The number of anilines is 1. The van der Waals surface area contributed by atoms with Crippen molar-refractivity contribution in [2.75, 3.05) is 38.7 Å². The molecule has 1 amide bonds. The zero-order chi connectivity index (χ0) is 15.1. The standard InChI is InChI=1S/C15H17N3O3/c1-20-14-4-2-13(3-5-14)17-15(19)12(10-16)11-18-6-8-21-9-7-18/h2-5,11H,6-9H2,1H3,(H,17,19)/b12-11-. The number of nitrogens with zero attached hydrogens (tertiary/aromatic N) is 2. The molecular formula is C15H17N3O3. The lowest BCUT2D eigenvalue weighted by Gasteiger charge is -2.25. The molecule has 21 heavy (non-hydrogen) atoms. The van der Waals surface area contributed by atoms with Gasteiger partial charge in [-0.1, -0.05) is 0 Å². The maximum Gasteiger partial charge on any atom is 0.267 e. The van der Waals surface area contributed by atoms with Crippen LogP contribution in [0.1, 0.15) is 0 Å². The lowest BCUT2D eigenvalue weighted by atomic mass is 10.2. The summed E-state index contributed by atoms with van der Waals surface area (Å²) in [7, 11) is 1.58. The number of carbonyl (C=O) groups excluding carboxylic acids is 1. The van der Waals surface area contributed by atoms with Crippen LogP contribution in [0.3, 0.4) is 0 Å². The van der Waals surface area contributed by atoms with E-state index in [1.54, 1.807) is 37.6 Å². The highest BCUT2D eigenvalue weighted by atomic mass is 16.5. The van der Waals surface area contributed by atoms with E-state index in [1.165, 1.54) is 0 Å². The van der Waals surface area contributed by atoms with E-state index in [-0.39, 0.29) is 5.57 Å². The summed E-state index contributed by atoms with van der Waals surface area (Å²) in [6.45, 7) is 2.58. The third-order valence-corrected chi connectivity index (χ3v) is 3.07. The number of carbonyl (C=O) groups is 1. The molecule has 1 aliphatic rings. The third-order valence-electron chi connectivity index (χ3n) is 3.07. The number of benzene rings is 1. The highest BCUT2D eigenvalue weighted by Gasteiger charge is 2.13. The Labute approximate surface area is 123 Å². The van der Waals surface area contributed by atoms with Crippen LogP contribution >= 0.6 is 0 Å². The van der Waals surface area contributed by atoms with Crippen LogP contribution < -0.4 is 10.1 Å². The van der Waals surface area contributed by atoms with Crippen LogP contribution in [0.2, 0.25) is 0 Å². The van der Waals surface area contributed by atoms with Gasteiger partial charge in [-0.2, -0.15) is 5.26 Å². The van der Waals surface area contributed by atoms with E-state index in [4.69, 9.17) is 14.7 Å². The molecule has 110 valence electrons. The Morgan fingerprint density at radius 1 is 1.38 bits per heavy atom. The monoisotopic (exact) mass is 287 g/mol. The summed E-state index contributed by atoms with van der Waals surface area (Å²) in [6.07, 6.45) is 1.58. The predicted molar refractivity (Wildman–Crippen MR) is 77.7 cm³/mol. The van der Waals surface area contributed by atoms with E-state index in [1.807, 2.05) is 11.0 Å². The first-order chi connectivity index (χ1) is 10.2. The second kappa shape index (κ2) is 7.31. The first-order valence-electron chi connectivity index (χ1n) is 6.62. The van der Waals surface area contributed by atoms with Crippen molar-refractivity contribution < 1.29 is 14.3 Å². The van der Waals surface area contributed by atoms with Gasteiger partial charge < -0.3 is 19.7 Å². The Balaban J connectivity index is 2.02. The van der Waals surface area contributed by atoms with Crippen molar-refractivity contribution in [3.8, 4) is 11.8 Å². The average molecular weight is 287 g/mol. The second-order valence-electron chi connectivity index (χ2n) is 4.49. The zero-order valence-corrected chi connectivity index (χ0v) is 11.8. The molecule has 0 radical (unpaired) electrons. The van der Waals surface area contributed by atoms with Crippen molar-refractivity contribution in [2.45, 2.75) is 0 Å². The molecule has 0 spiro atoms. The number of nitrogens with one attached hydrogen (secondary N) is 1. The molecule has 6 nitrogen and oxygen atoms in total. The molecule has 0 aromatic heterocycles. The van der Waals surface area contributed by atoms with Gasteiger partial charge >= 0.3 is 0 Å². The molecule has 6 heteroatoms. The van der Waals surface area contributed by atoms with Crippen molar-refractivity contribution in [1.82, 2.24) is 4.90 Å². The largest absolute Gasteiger partial charge is 0.497 e. The predicted octanol–water partition coefficient (Wildman–Crippen LogP) is 1.37. The van der Waals surface area contributed by atoms with Crippen LogP contribution in [-0.2, 0) is 9.53 Å². The highest BCUT2D eigenvalue weighted by Crippen LogP contribution is 2.15. The maximum absolute atomic E-state index is 12.1. The number of rotatable bonds is 4. The van der Waals surface area contributed by atoms with Crippen molar-refractivity contribution in [3.05, 3.63) is 36.0 Å². The molecule has 1 saturated heterocycles.